The molecule has 2 heterocycles. The maximum absolute atomic E-state index is 11.1. The summed E-state index contributed by atoms with van der Waals surface area (Å²) in [4.78, 5) is 13.3. The van der Waals surface area contributed by atoms with Crippen LogP contribution in [0.25, 0.3) is 6.08 Å². The Kier molecular flexibility index (Phi) is 6.50. The van der Waals surface area contributed by atoms with Gasteiger partial charge in [0, 0.05) is 24.4 Å². The SMILES string of the molecule is C=CC(=O)OCCCCCCOc1cccc2c1OC1(C=C2)N(C)c2ccccc2C1(C)C. The molecule has 0 saturated carbocycles. The fraction of sp³-hybridized carbons (Fsp3) is 0.393. The van der Waals surface area contributed by atoms with Gasteiger partial charge in [0.05, 0.1) is 18.6 Å². The molecule has 5 nitrogen and oxygen atoms in total. The zero-order valence-electron chi connectivity index (χ0n) is 19.8. The predicted molar refractivity (Wildman–Crippen MR) is 132 cm³/mol. The van der Waals surface area contributed by atoms with Gasteiger partial charge < -0.3 is 19.1 Å². The van der Waals surface area contributed by atoms with Crippen molar-refractivity contribution < 1.29 is 19.0 Å². The lowest BCUT2D eigenvalue weighted by atomic mass is 9.76. The standard InChI is InChI=1S/C28H33NO4/c1-5-25(30)32-20-11-7-6-10-19-31-24-16-12-13-21-17-18-28(33-26(21)24)27(2,3)22-14-8-9-15-23(22)29(28)4/h5,8-9,12-18H,1,6-7,10-11,19-20H2,2-4H3. The number of hydrogen-bond donors (Lipinski definition) is 0. The fourth-order valence-corrected chi connectivity index (χ4v) is 4.85. The number of ether oxygens (including phenoxy) is 3. The third kappa shape index (κ3) is 4.12. The summed E-state index contributed by atoms with van der Waals surface area (Å²) in [7, 11) is 2.10. The van der Waals surface area contributed by atoms with Gasteiger partial charge in [0.25, 0.3) is 0 Å². The molecule has 1 unspecified atom stereocenters. The molecule has 2 aromatic carbocycles. The quantitative estimate of drug-likeness (QED) is 0.273. The Morgan fingerprint density at radius 1 is 1.06 bits per heavy atom. The first-order valence-electron chi connectivity index (χ1n) is 11.7. The topological polar surface area (TPSA) is 48.0 Å². The minimum Gasteiger partial charge on any atom is -0.490 e. The number of rotatable bonds is 9. The second-order valence-electron chi connectivity index (χ2n) is 9.14. The van der Waals surface area contributed by atoms with Crippen molar-refractivity contribution in [1.29, 1.82) is 0 Å². The highest BCUT2D eigenvalue weighted by Crippen LogP contribution is 2.55. The third-order valence-electron chi connectivity index (χ3n) is 6.80. The van der Waals surface area contributed by atoms with Crippen LogP contribution in [0.2, 0.25) is 0 Å². The summed E-state index contributed by atoms with van der Waals surface area (Å²) in [6.45, 7) is 8.92. The lowest BCUT2D eigenvalue weighted by Crippen LogP contribution is -2.58. The Balaban J connectivity index is 1.40. The number of hydrogen-bond acceptors (Lipinski definition) is 5. The van der Waals surface area contributed by atoms with Crippen molar-refractivity contribution in [3.8, 4) is 11.5 Å². The van der Waals surface area contributed by atoms with Gasteiger partial charge in [-0.3, -0.25) is 0 Å². The molecule has 2 aliphatic heterocycles. The highest BCUT2D eigenvalue weighted by Gasteiger charge is 2.57. The Morgan fingerprint density at radius 2 is 1.82 bits per heavy atom. The molecule has 0 aromatic heterocycles. The maximum Gasteiger partial charge on any atom is 0.330 e. The molecule has 0 bridgehead atoms. The molecule has 2 aromatic rings. The largest absolute Gasteiger partial charge is 0.490 e. The van der Waals surface area contributed by atoms with Gasteiger partial charge >= 0.3 is 5.97 Å². The Labute approximate surface area is 196 Å². The van der Waals surface area contributed by atoms with Crippen molar-refractivity contribution in [2.45, 2.75) is 50.7 Å². The molecule has 2 aliphatic rings. The van der Waals surface area contributed by atoms with Crippen LogP contribution in [0.1, 0.15) is 50.7 Å². The van der Waals surface area contributed by atoms with Crippen LogP contribution in [0, 0.1) is 0 Å². The minimum atomic E-state index is -0.619. The van der Waals surface area contributed by atoms with Crippen LogP contribution in [0.15, 0.2) is 61.2 Å². The summed E-state index contributed by atoms with van der Waals surface area (Å²) in [5.41, 5.74) is 2.63. The van der Waals surface area contributed by atoms with Crippen LogP contribution in [0.5, 0.6) is 11.5 Å². The van der Waals surface area contributed by atoms with Crippen molar-refractivity contribution in [2.24, 2.45) is 0 Å². The third-order valence-corrected chi connectivity index (χ3v) is 6.80. The molecule has 1 spiro atoms. The van der Waals surface area contributed by atoms with Crippen LogP contribution in [-0.4, -0.2) is 32.0 Å². The summed E-state index contributed by atoms with van der Waals surface area (Å²) in [5.74, 6) is 1.21. The Morgan fingerprint density at radius 3 is 2.58 bits per heavy atom. The van der Waals surface area contributed by atoms with E-state index >= 15 is 0 Å². The number of esters is 1. The molecule has 0 aliphatic carbocycles. The van der Waals surface area contributed by atoms with E-state index in [4.69, 9.17) is 14.2 Å². The fourth-order valence-electron chi connectivity index (χ4n) is 4.85. The summed E-state index contributed by atoms with van der Waals surface area (Å²) in [6.07, 6.45) is 9.30. The van der Waals surface area contributed by atoms with Crippen LogP contribution >= 0.6 is 0 Å². The smallest absolute Gasteiger partial charge is 0.330 e. The van der Waals surface area contributed by atoms with Crippen LogP contribution in [0.4, 0.5) is 5.69 Å². The highest BCUT2D eigenvalue weighted by molar-refractivity contribution is 5.81. The van der Waals surface area contributed by atoms with Crippen molar-refractivity contribution in [3.05, 3.63) is 72.3 Å². The van der Waals surface area contributed by atoms with E-state index in [0.717, 1.165) is 42.7 Å². The second-order valence-corrected chi connectivity index (χ2v) is 9.14. The van der Waals surface area contributed by atoms with E-state index in [1.54, 1.807) is 0 Å². The van der Waals surface area contributed by atoms with Crippen molar-refractivity contribution in [1.82, 2.24) is 0 Å². The van der Waals surface area contributed by atoms with E-state index in [9.17, 15) is 4.79 Å². The lowest BCUT2D eigenvalue weighted by molar-refractivity contribution is -0.137. The zero-order chi connectivity index (χ0) is 23.5. The summed E-state index contributed by atoms with van der Waals surface area (Å²) in [6, 6.07) is 14.6. The molecule has 1 atom stereocenters. The summed E-state index contributed by atoms with van der Waals surface area (Å²) in [5, 5.41) is 0. The Bertz CT molecular complexity index is 1060. The number of fused-ring (bicyclic) bond motifs is 2. The van der Waals surface area contributed by atoms with E-state index in [1.807, 2.05) is 12.1 Å². The van der Waals surface area contributed by atoms with Gasteiger partial charge in [0.1, 0.15) is 0 Å². The minimum absolute atomic E-state index is 0.241. The van der Waals surface area contributed by atoms with Gasteiger partial charge in [-0.05, 0) is 69.4 Å². The number of benzene rings is 2. The predicted octanol–water partition coefficient (Wildman–Crippen LogP) is 5.88. The van der Waals surface area contributed by atoms with Crippen molar-refractivity contribution in [3.63, 3.8) is 0 Å². The van der Waals surface area contributed by atoms with E-state index in [2.05, 4.69) is 74.9 Å². The molecule has 0 fully saturated rings. The Hall–Kier alpha value is -3.21. The van der Waals surface area contributed by atoms with E-state index in [-0.39, 0.29) is 11.4 Å². The maximum atomic E-state index is 11.1. The molecule has 5 heteroatoms. The molecular formula is C28H33NO4. The van der Waals surface area contributed by atoms with Crippen LogP contribution in [-0.2, 0) is 14.9 Å². The number of anilines is 1. The van der Waals surface area contributed by atoms with E-state index in [0.29, 0.717) is 13.2 Å². The number of carbonyl (C=O) groups excluding carboxylic acids is 1. The van der Waals surface area contributed by atoms with Crippen LogP contribution in [0.3, 0.4) is 0 Å². The van der Waals surface area contributed by atoms with Gasteiger partial charge in [-0.15, -0.1) is 0 Å². The van der Waals surface area contributed by atoms with Gasteiger partial charge in [0.15, 0.2) is 11.5 Å². The van der Waals surface area contributed by atoms with Gasteiger partial charge in [-0.25, -0.2) is 4.79 Å². The van der Waals surface area contributed by atoms with Gasteiger partial charge in [-0.2, -0.15) is 0 Å². The number of para-hydroxylation sites is 2. The normalized spacial score (nSPS) is 19.5. The number of likely N-dealkylation sites (N-methyl/N-ethyl adjacent to an activating group) is 1. The summed E-state index contributed by atoms with van der Waals surface area (Å²) < 4.78 is 18.0. The van der Waals surface area contributed by atoms with Gasteiger partial charge in [-0.1, -0.05) is 36.9 Å². The number of nitrogens with zero attached hydrogens (tertiary/aromatic N) is 1. The molecule has 174 valence electrons. The van der Waals surface area contributed by atoms with E-state index in [1.165, 1.54) is 17.3 Å². The highest BCUT2D eigenvalue weighted by atomic mass is 16.5. The lowest BCUT2D eigenvalue weighted by Gasteiger charge is -2.46. The molecule has 0 amide bonds. The average molecular weight is 448 g/mol. The average Bonchev–Trinajstić information content (AvgIpc) is 2.99. The molecule has 0 radical (unpaired) electrons. The number of unbranched alkanes of at least 4 members (excludes halogenated alkanes) is 3. The zero-order valence-corrected chi connectivity index (χ0v) is 19.8. The van der Waals surface area contributed by atoms with Crippen LogP contribution < -0.4 is 14.4 Å². The molecular weight excluding hydrogens is 414 g/mol. The molecule has 0 N–H and O–H groups in total. The first kappa shape index (κ1) is 23.0. The molecule has 4 rings (SSSR count). The van der Waals surface area contributed by atoms with Crippen molar-refractivity contribution >= 4 is 17.7 Å². The molecule has 33 heavy (non-hydrogen) atoms. The van der Waals surface area contributed by atoms with E-state index < -0.39 is 5.72 Å². The monoisotopic (exact) mass is 447 g/mol. The number of carbonyl (C=O) groups is 1. The summed E-state index contributed by atoms with van der Waals surface area (Å²) >= 11 is 0. The first-order chi connectivity index (χ1) is 15.9. The van der Waals surface area contributed by atoms with Gasteiger partial charge in [0.2, 0.25) is 5.72 Å². The molecule has 0 saturated heterocycles. The van der Waals surface area contributed by atoms with Crippen molar-refractivity contribution in [2.75, 3.05) is 25.2 Å². The second kappa shape index (κ2) is 9.34. The first-order valence-corrected chi connectivity index (χ1v) is 11.7.